The van der Waals surface area contributed by atoms with Crippen molar-refractivity contribution >= 4 is 27.5 Å². The number of aromatic nitrogens is 1. The lowest BCUT2D eigenvalue weighted by molar-refractivity contribution is -0.141. The van der Waals surface area contributed by atoms with Crippen LogP contribution >= 0.6 is 15.9 Å². The third kappa shape index (κ3) is 3.57. The van der Waals surface area contributed by atoms with Crippen molar-refractivity contribution in [2.75, 3.05) is 5.32 Å². The lowest BCUT2D eigenvalue weighted by atomic mass is 10.2. The molecule has 1 aromatic heterocycles. The lowest BCUT2D eigenvalue weighted by Gasteiger charge is -2.08. The van der Waals surface area contributed by atoms with Crippen LogP contribution in [0.4, 0.5) is 18.9 Å². The number of benzene rings is 1. The fraction of sp³-hybridized carbons (Fsp3) is 0.0769. The van der Waals surface area contributed by atoms with E-state index >= 15 is 0 Å². The molecule has 0 aliphatic carbocycles. The van der Waals surface area contributed by atoms with Gasteiger partial charge >= 0.3 is 6.18 Å². The van der Waals surface area contributed by atoms with Crippen LogP contribution in [0.25, 0.3) is 0 Å². The highest BCUT2D eigenvalue weighted by Gasteiger charge is 2.32. The average molecular weight is 345 g/mol. The molecule has 0 unspecified atom stereocenters. The van der Waals surface area contributed by atoms with E-state index in [1.165, 1.54) is 0 Å². The highest BCUT2D eigenvalue weighted by molar-refractivity contribution is 9.10. The molecule has 7 heteroatoms. The second-order valence-electron chi connectivity index (χ2n) is 3.89. The van der Waals surface area contributed by atoms with Crippen LogP contribution in [0.2, 0.25) is 0 Å². The van der Waals surface area contributed by atoms with Crippen LogP contribution < -0.4 is 5.32 Å². The molecule has 0 spiro atoms. The second kappa shape index (κ2) is 5.62. The highest BCUT2D eigenvalue weighted by atomic mass is 79.9. The van der Waals surface area contributed by atoms with Crippen LogP contribution in [0.3, 0.4) is 0 Å². The van der Waals surface area contributed by atoms with Crippen molar-refractivity contribution in [3.05, 3.63) is 58.3 Å². The summed E-state index contributed by atoms with van der Waals surface area (Å²) in [5, 5.41) is 2.47. The Bertz CT molecular complexity index is 609. The number of amides is 1. The molecule has 104 valence electrons. The molecule has 1 amide bonds. The fourth-order valence-corrected chi connectivity index (χ4v) is 1.70. The van der Waals surface area contributed by atoms with Crippen LogP contribution in [0, 0.1) is 0 Å². The van der Waals surface area contributed by atoms with Gasteiger partial charge in [0.25, 0.3) is 5.91 Å². The van der Waals surface area contributed by atoms with Gasteiger partial charge in [-0.15, -0.1) is 0 Å². The summed E-state index contributed by atoms with van der Waals surface area (Å²) in [7, 11) is 0. The molecular weight excluding hydrogens is 337 g/mol. The van der Waals surface area contributed by atoms with Crippen molar-refractivity contribution in [3.8, 4) is 0 Å². The Balaban J connectivity index is 2.10. The normalized spacial score (nSPS) is 11.2. The van der Waals surface area contributed by atoms with E-state index in [1.807, 2.05) is 0 Å². The number of hydrogen-bond donors (Lipinski definition) is 1. The molecular formula is C13H8BrF3N2O. The number of nitrogens with zero attached hydrogens (tertiary/aromatic N) is 1. The molecule has 20 heavy (non-hydrogen) atoms. The van der Waals surface area contributed by atoms with Crippen molar-refractivity contribution in [3.63, 3.8) is 0 Å². The van der Waals surface area contributed by atoms with Crippen molar-refractivity contribution in [2.24, 2.45) is 0 Å². The van der Waals surface area contributed by atoms with Gasteiger partial charge in [0, 0.05) is 10.0 Å². The summed E-state index contributed by atoms with van der Waals surface area (Å²) in [6.45, 7) is 0. The number of halogens is 4. The zero-order chi connectivity index (χ0) is 14.8. The first kappa shape index (κ1) is 14.5. The van der Waals surface area contributed by atoms with Crippen LogP contribution in [0.5, 0.6) is 0 Å². The van der Waals surface area contributed by atoms with Gasteiger partial charge in [-0.3, -0.25) is 4.79 Å². The molecule has 3 nitrogen and oxygen atoms in total. The molecule has 0 bridgehead atoms. The van der Waals surface area contributed by atoms with Gasteiger partial charge in [0.05, 0.1) is 11.9 Å². The number of carbonyl (C=O) groups is 1. The summed E-state index contributed by atoms with van der Waals surface area (Å²) in [6.07, 6.45) is -3.52. The molecule has 2 rings (SSSR count). The number of anilines is 1. The monoisotopic (exact) mass is 344 g/mol. The summed E-state index contributed by atoms with van der Waals surface area (Å²) in [5.74, 6) is -0.418. The first-order valence-corrected chi connectivity index (χ1v) is 6.26. The summed E-state index contributed by atoms with van der Waals surface area (Å²) in [5.41, 5.74) is -0.404. The Kier molecular flexibility index (Phi) is 4.08. The predicted molar refractivity (Wildman–Crippen MR) is 71.3 cm³/mol. The minimum atomic E-state index is -4.49. The molecule has 0 saturated carbocycles. The molecule has 1 aromatic carbocycles. The maximum absolute atomic E-state index is 12.3. The van der Waals surface area contributed by atoms with Crippen LogP contribution in [-0.4, -0.2) is 10.9 Å². The maximum atomic E-state index is 12.3. The van der Waals surface area contributed by atoms with Crippen LogP contribution in [-0.2, 0) is 6.18 Å². The van der Waals surface area contributed by atoms with Gasteiger partial charge in [0.15, 0.2) is 0 Å². The largest absolute Gasteiger partial charge is 0.433 e. The van der Waals surface area contributed by atoms with Gasteiger partial charge in [-0.2, -0.15) is 13.2 Å². The van der Waals surface area contributed by atoms with Gasteiger partial charge in [-0.05, 0) is 36.4 Å². The molecule has 2 aromatic rings. The van der Waals surface area contributed by atoms with E-state index in [0.717, 1.165) is 22.8 Å². The molecule has 0 atom stereocenters. The third-order valence-electron chi connectivity index (χ3n) is 2.42. The first-order valence-electron chi connectivity index (χ1n) is 5.46. The number of carbonyl (C=O) groups excluding carboxylic acids is 1. The first-order chi connectivity index (χ1) is 9.36. The standard InChI is InChI=1S/C13H8BrF3N2O/c14-9-3-1-8(2-4-9)12(20)19-10-5-6-11(18-7-10)13(15,16)17/h1-7H,(H,19,20). The zero-order valence-corrected chi connectivity index (χ0v) is 11.5. The Labute approximate surface area is 121 Å². The topological polar surface area (TPSA) is 42.0 Å². The van der Waals surface area contributed by atoms with Crippen LogP contribution in [0.15, 0.2) is 47.1 Å². The minimum absolute atomic E-state index is 0.200. The summed E-state index contributed by atoms with van der Waals surface area (Å²) in [6, 6.07) is 8.55. The Morgan fingerprint density at radius 3 is 2.25 bits per heavy atom. The van der Waals surface area contributed by atoms with E-state index < -0.39 is 17.8 Å². The van der Waals surface area contributed by atoms with Crippen molar-refractivity contribution in [1.82, 2.24) is 4.98 Å². The average Bonchev–Trinajstić information content (AvgIpc) is 2.39. The van der Waals surface area contributed by atoms with Gasteiger partial charge < -0.3 is 5.32 Å². The van der Waals surface area contributed by atoms with Gasteiger partial charge in [0.1, 0.15) is 5.69 Å². The Hall–Kier alpha value is -1.89. The van der Waals surface area contributed by atoms with Crippen LogP contribution in [0.1, 0.15) is 16.1 Å². The van der Waals surface area contributed by atoms with Crippen molar-refractivity contribution in [1.29, 1.82) is 0 Å². The molecule has 0 radical (unpaired) electrons. The number of rotatable bonds is 2. The van der Waals surface area contributed by atoms with E-state index in [9.17, 15) is 18.0 Å². The van der Waals surface area contributed by atoms with E-state index in [2.05, 4.69) is 26.2 Å². The number of nitrogens with one attached hydrogen (secondary N) is 1. The Morgan fingerprint density at radius 2 is 1.75 bits per heavy atom. The highest BCUT2D eigenvalue weighted by Crippen LogP contribution is 2.27. The molecule has 0 saturated heterocycles. The minimum Gasteiger partial charge on any atom is -0.321 e. The van der Waals surface area contributed by atoms with E-state index in [4.69, 9.17) is 0 Å². The van der Waals surface area contributed by atoms with E-state index in [1.54, 1.807) is 24.3 Å². The number of alkyl halides is 3. The maximum Gasteiger partial charge on any atom is 0.433 e. The van der Waals surface area contributed by atoms with Gasteiger partial charge in [0.2, 0.25) is 0 Å². The van der Waals surface area contributed by atoms with E-state index in [-0.39, 0.29) is 5.69 Å². The van der Waals surface area contributed by atoms with Gasteiger partial charge in [-0.25, -0.2) is 4.98 Å². The third-order valence-corrected chi connectivity index (χ3v) is 2.95. The Morgan fingerprint density at radius 1 is 1.10 bits per heavy atom. The summed E-state index contributed by atoms with van der Waals surface area (Å²) < 4.78 is 37.8. The number of pyridine rings is 1. The molecule has 0 fully saturated rings. The fourth-order valence-electron chi connectivity index (χ4n) is 1.44. The van der Waals surface area contributed by atoms with Crippen molar-refractivity contribution in [2.45, 2.75) is 6.18 Å². The number of hydrogen-bond acceptors (Lipinski definition) is 2. The van der Waals surface area contributed by atoms with E-state index in [0.29, 0.717) is 5.56 Å². The SMILES string of the molecule is O=C(Nc1ccc(C(F)(F)F)nc1)c1ccc(Br)cc1. The molecule has 0 aliphatic rings. The second-order valence-corrected chi connectivity index (χ2v) is 4.81. The molecule has 1 heterocycles. The van der Waals surface area contributed by atoms with Gasteiger partial charge in [-0.1, -0.05) is 15.9 Å². The smallest absolute Gasteiger partial charge is 0.321 e. The molecule has 0 aliphatic heterocycles. The van der Waals surface area contributed by atoms with Crippen molar-refractivity contribution < 1.29 is 18.0 Å². The molecule has 1 N–H and O–H groups in total. The zero-order valence-electron chi connectivity index (χ0n) is 9.91. The summed E-state index contributed by atoms with van der Waals surface area (Å²) >= 11 is 3.24. The summed E-state index contributed by atoms with van der Waals surface area (Å²) in [4.78, 5) is 15.1. The lowest BCUT2D eigenvalue weighted by Crippen LogP contribution is -2.13. The quantitative estimate of drug-likeness (QED) is 0.890. The predicted octanol–water partition coefficient (Wildman–Crippen LogP) is 4.12.